The third-order valence-electron chi connectivity index (χ3n) is 3.74. The highest BCUT2D eigenvalue weighted by molar-refractivity contribution is 7.99. The molecule has 0 aliphatic carbocycles. The summed E-state index contributed by atoms with van der Waals surface area (Å²) >= 11 is 7.91. The molecule has 1 aliphatic rings. The van der Waals surface area contributed by atoms with Gasteiger partial charge in [-0.05, 0) is 54.5 Å². The second kappa shape index (κ2) is 5.39. The van der Waals surface area contributed by atoms with Crippen LogP contribution in [0.4, 0.5) is 0 Å². The molecule has 0 amide bonds. The summed E-state index contributed by atoms with van der Waals surface area (Å²) in [5, 5.41) is 0.384. The molecule has 1 aliphatic heterocycles. The number of rotatable bonds is 2. The minimum Gasteiger partial charge on any atom is -0.441 e. The Morgan fingerprint density at radius 1 is 1.33 bits per heavy atom. The fourth-order valence-electron chi connectivity index (χ4n) is 2.81. The van der Waals surface area contributed by atoms with Crippen LogP contribution in [0, 0.1) is 0 Å². The van der Waals surface area contributed by atoms with E-state index in [0.717, 1.165) is 29.2 Å². The Labute approximate surface area is 131 Å². The molecule has 3 aromatic heterocycles. The van der Waals surface area contributed by atoms with Gasteiger partial charge in [0.1, 0.15) is 5.52 Å². The third kappa shape index (κ3) is 2.34. The molecular weight excluding hydrogens is 306 g/mol. The summed E-state index contributed by atoms with van der Waals surface area (Å²) < 4.78 is 7.80. The summed E-state index contributed by atoms with van der Waals surface area (Å²) in [5.41, 5.74) is 1.82. The van der Waals surface area contributed by atoms with Crippen molar-refractivity contribution in [1.29, 1.82) is 0 Å². The minimum atomic E-state index is 0.384. The molecule has 1 saturated heterocycles. The van der Waals surface area contributed by atoms with Gasteiger partial charge in [-0.25, -0.2) is 9.97 Å². The lowest BCUT2D eigenvalue weighted by molar-refractivity contribution is 0.501. The number of imidazole rings is 1. The fourth-order valence-corrected chi connectivity index (χ4v) is 4.08. The molecule has 0 aromatic carbocycles. The molecular formula is C15H14ClN3OS. The van der Waals surface area contributed by atoms with E-state index in [1.54, 1.807) is 6.07 Å². The number of fused-ring (bicyclic) bond motifs is 1. The number of aromatic nitrogens is 3. The van der Waals surface area contributed by atoms with Gasteiger partial charge in [-0.3, -0.25) is 0 Å². The van der Waals surface area contributed by atoms with E-state index in [1.807, 2.05) is 36.2 Å². The highest BCUT2D eigenvalue weighted by atomic mass is 35.5. The number of pyridine rings is 1. The Kier molecular flexibility index (Phi) is 3.39. The van der Waals surface area contributed by atoms with E-state index >= 15 is 0 Å². The molecule has 21 heavy (non-hydrogen) atoms. The average Bonchev–Trinajstić information content (AvgIpc) is 3.11. The molecule has 0 radical (unpaired) electrons. The van der Waals surface area contributed by atoms with E-state index in [1.165, 1.54) is 12.2 Å². The number of hydrogen-bond donors (Lipinski definition) is 0. The summed E-state index contributed by atoms with van der Waals surface area (Å²) in [6.07, 6.45) is 4.19. The van der Waals surface area contributed by atoms with Crippen molar-refractivity contribution >= 4 is 34.5 Å². The van der Waals surface area contributed by atoms with Crippen LogP contribution in [0.2, 0.25) is 5.22 Å². The summed E-state index contributed by atoms with van der Waals surface area (Å²) in [5.74, 6) is 3.85. The zero-order valence-electron chi connectivity index (χ0n) is 11.3. The average molecular weight is 320 g/mol. The van der Waals surface area contributed by atoms with Crippen LogP contribution in [-0.2, 0) is 0 Å². The third-order valence-corrected chi connectivity index (χ3v) is 5.14. The van der Waals surface area contributed by atoms with Crippen molar-refractivity contribution in [1.82, 2.24) is 14.5 Å². The molecule has 0 saturated carbocycles. The van der Waals surface area contributed by atoms with Crippen molar-refractivity contribution in [2.45, 2.75) is 18.9 Å². The molecule has 108 valence electrons. The summed E-state index contributed by atoms with van der Waals surface area (Å²) in [6.45, 7) is 0. The number of thioether (sulfide) groups is 1. The van der Waals surface area contributed by atoms with Gasteiger partial charge in [-0.2, -0.15) is 11.8 Å². The van der Waals surface area contributed by atoms with Gasteiger partial charge in [0.25, 0.3) is 0 Å². The van der Waals surface area contributed by atoms with E-state index in [4.69, 9.17) is 21.0 Å². The van der Waals surface area contributed by atoms with Crippen molar-refractivity contribution in [3.8, 4) is 11.6 Å². The highest BCUT2D eigenvalue weighted by Gasteiger charge is 2.24. The standard InChI is InChI=1S/C15H14ClN3OS/c16-13-6-5-12(20-13)15-18-11-4-1-7-17-14(11)19(15)10-3-2-8-21-9-10/h1,4-7,10H,2-3,8-9H2. The first-order valence-corrected chi connectivity index (χ1v) is 8.52. The maximum atomic E-state index is 5.92. The molecule has 4 heterocycles. The van der Waals surface area contributed by atoms with E-state index in [2.05, 4.69) is 9.55 Å². The SMILES string of the molecule is Clc1ccc(-c2nc3cccnc3n2C2CCCSC2)o1. The van der Waals surface area contributed by atoms with Crippen molar-refractivity contribution in [2.75, 3.05) is 11.5 Å². The Hall–Kier alpha value is -1.46. The zero-order chi connectivity index (χ0) is 14.2. The number of halogens is 1. The van der Waals surface area contributed by atoms with Crippen LogP contribution in [0.25, 0.3) is 22.7 Å². The van der Waals surface area contributed by atoms with Crippen molar-refractivity contribution < 1.29 is 4.42 Å². The maximum absolute atomic E-state index is 5.92. The molecule has 1 fully saturated rings. The molecule has 3 aromatic rings. The predicted octanol–water partition coefficient (Wildman–Crippen LogP) is 4.41. The van der Waals surface area contributed by atoms with Crippen LogP contribution in [0.1, 0.15) is 18.9 Å². The van der Waals surface area contributed by atoms with Crippen LogP contribution in [0.3, 0.4) is 0 Å². The molecule has 6 heteroatoms. The Morgan fingerprint density at radius 2 is 2.29 bits per heavy atom. The lowest BCUT2D eigenvalue weighted by Crippen LogP contribution is -2.17. The Morgan fingerprint density at radius 3 is 3.05 bits per heavy atom. The van der Waals surface area contributed by atoms with Crippen LogP contribution < -0.4 is 0 Å². The smallest absolute Gasteiger partial charge is 0.194 e. The van der Waals surface area contributed by atoms with Gasteiger partial charge < -0.3 is 8.98 Å². The second-order valence-electron chi connectivity index (χ2n) is 5.13. The number of nitrogens with zero attached hydrogens (tertiary/aromatic N) is 3. The lowest BCUT2D eigenvalue weighted by atomic mass is 10.2. The van der Waals surface area contributed by atoms with Crippen molar-refractivity contribution in [3.05, 3.63) is 35.7 Å². The van der Waals surface area contributed by atoms with Crippen LogP contribution >= 0.6 is 23.4 Å². The molecule has 4 rings (SSSR count). The van der Waals surface area contributed by atoms with E-state index < -0.39 is 0 Å². The maximum Gasteiger partial charge on any atom is 0.194 e. The van der Waals surface area contributed by atoms with Gasteiger partial charge in [0, 0.05) is 18.0 Å². The molecule has 4 nitrogen and oxygen atoms in total. The number of furan rings is 1. The summed E-state index contributed by atoms with van der Waals surface area (Å²) in [6, 6.07) is 7.93. The second-order valence-corrected chi connectivity index (χ2v) is 6.65. The number of hydrogen-bond acceptors (Lipinski definition) is 4. The monoisotopic (exact) mass is 319 g/mol. The van der Waals surface area contributed by atoms with Crippen molar-refractivity contribution in [3.63, 3.8) is 0 Å². The largest absolute Gasteiger partial charge is 0.441 e. The van der Waals surface area contributed by atoms with Gasteiger partial charge in [-0.1, -0.05) is 0 Å². The van der Waals surface area contributed by atoms with Crippen LogP contribution in [-0.4, -0.2) is 26.0 Å². The predicted molar refractivity (Wildman–Crippen MR) is 85.8 cm³/mol. The van der Waals surface area contributed by atoms with E-state index in [0.29, 0.717) is 17.0 Å². The van der Waals surface area contributed by atoms with Gasteiger partial charge in [0.15, 0.2) is 22.5 Å². The van der Waals surface area contributed by atoms with E-state index in [-0.39, 0.29) is 0 Å². The fraction of sp³-hybridized carbons (Fsp3) is 0.333. The minimum absolute atomic E-state index is 0.384. The summed E-state index contributed by atoms with van der Waals surface area (Å²) in [7, 11) is 0. The molecule has 0 spiro atoms. The van der Waals surface area contributed by atoms with Crippen molar-refractivity contribution in [2.24, 2.45) is 0 Å². The molecule has 0 bridgehead atoms. The van der Waals surface area contributed by atoms with Gasteiger partial charge in [0.05, 0.1) is 0 Å². The Bertz CT molecular complexity index is 776. The van der Waals surface area contributed by atoms with Gasteiger partial charge in [0.2, 0.25) is 0 Å². The lowest BCUT2D eigenvalue weighted by Gasteiger charge is -2.24. The molecule has 0 N–H and O–H groups in total. The van der Waals surface area contributed by atoms with Crippen LogP contribution in [0.5, 0.6) is 0 Å². The first-order valence-electron chi connectivity index (χ1n) is 6.99. The summed E-state index contributed by atoms with van der Waals surface area (Å²) in [4.78, 5) is 9.24. The molecule has 1 unspecified atom stereocenters. The highest BCUT2D eigenvalue weighted by Crippen LogP contribution is 2.35. The first kappa shape index (κ1) is 13.2. The topological polar surface area (TPSA) is 43.9 Å². The normalized spacial score (nSPS) is 19.2. The van der Waals surface area contributed by atoms with Gasteiger partial charge >= 0.3 is 0 Å². The first-order chi connectivity index (χ1) is 10.3. The zero-order valence-corrected chi connectivity index (χ0v) is 12.9. The van der Waals surface area contributed by atoms with Crippen LogP contribution in [0.15, 0.2) is 34.9 Å². The van der Waals surface area contributed by atoms with E-state index in [9.17, 15) is 0 Å². The molecule has 1 atom stereocenters. The Balaban J connectivity index is 1.92. The quantitative estimate of drug-likeness (QED) is 0.701. The van der Waals surface area contributed by atoms with Gasteiger partial charge in [-0.15, -0.1) is 0 Å².